The standard InChI is InChI=1S/C17H24N6/c1-2-8-18-16-13-19-21-17(20-16)23-11-9-22(10-12-23)14-15-6-4-3-5-7-15/h3-7,13H,2,8-12,14H2,1H3,(H,18,20,21). The van der Waals surface area contributed by atoms with Gasteiger partial charge < -0.3 is 10.2 Å². The van der Waals surface area contributed by atoms with E-state index >= 15 is 0 Å². The molecule has 0 bridgehead atoms. The Morgan fingerprint density at radius 3 is 2.61 bits per heavy atom. The average Bonchev–Trinajstić information content (AvgIpc) is 2.62. The predicted molar refractivity (Wildman–Crippen MR) is 92.5 cm³/mol. The molecule has 2 heterocycles. The topological polar surface area (TPSA) is 57.2 Å². The molecule has 1 N–H and O–H groups in total. The Labute approximate surface area is 137 Å². The number of hydrogen-bond donors (Lipinski definition) is 1. The van der Waals surface area contributed by atoms with Gasteiger partial charge in [-0.05, 0) is 12.0 Å². The van der Waals surface area contributed by atoms with Gasteiger partial charge in [0.05, 0.1) is 6.20 Å². The van der Waals surface area contributed by atoms with E-state index in [1.165, 1.54) is 5.56 Å². The molecule has 122 valence electrons. The van der Waals surface area contributed by atoms with Crippen LogP contribution in [0.4, 0.5) is 11.8 Å². The Morgan fingerprint density at radius 2 is 1.87 bits per heavy atom. The van der Waals surface area contributed by atoms with E-state index in [1.807, 2.05) is 0 Å². The Bertz CT molecular complexity index is 595. The molecule has 1 aliphatic rings. The number of nitrogens with one attached hydrogen (secondary N) is 1. The van der Waals surface area contributed by atoms with Crippen molar-refractivity contribution in [2.24, 2.45) is 0 Å². The summed E-state index contributed by atoms with van der Waals surface area (Å²) < 4.78 is 0. The van der Waals surface area contributed by atoms with Crippen LogP contribution in [0.2, 0.25) is 0 Å². The highest BCUT2D eigenvalue weighted by atomic mass is 15.4. The second-order valence-corrected chi connectivity index (χ2v) is 5.82. The fourth-order valence-corrected chi connectivity index (χ4v) is 2.71. The van der Waals surface area contributed by atoms with E-state index in [-0.39, 0.29) is 0 Å². The lowest BCUT2D eigenvalue weighted by atomic mass is 10.2. The molecule has 0 saturated carbocycles. The summed E-state index contributed by atoms with van der Waals surface area (Å²) in [6.45, 7) is 7.95. The van der Waals surface area contributed by atoms with E-state index in [4.69, 9.17) is 0 Å². The SMILES string of the molecule is CCCNc1cnnc(N2CCN(Cc3ccccc3)CC2)n1. The van der Waals surface area contributed by atoms with E-state index in [0.717, 1.165) is 57.5 Å². The first-order valence-electron chi connectivity index (χ1n) is 8.30. The number of nitrogens with zero attached hydrogens (tertiary/aromatic N) is 5. The van der Waals surface area contributed by atoms with Crippen LogP contribution in [0.3, 0.4) is 0 Å². The summed E-state index contributed by atoms with van der Waals surface area (Å²) in [6.07, 6.45) is 2.75. The van der Waals surface area contributed by atoms with Gasteiger partial charge in [-0.1, -0.05) is 37.3 Å². The molecule has 1 aliphatic heterocycles. The van der Waals surface area contributed by atoms with E-state index in [9.17, 15) is 0 Å². The van der Waals surface area contributed by atoms with Crippen molar-refractivity contribution in [1.82, 2.24) is 20.1 Å². The minimum absolute atomic E-state index is 0.727. The van der Waals surface area contributed by atoms with Crippen LogP contribution in [0.25, 0.3) is 0 Å². The van der Waals surface area contributed by atoms with Crippen LogP contribution in [0.1, 0.15) is 18.9 Å². The van der Waals surface area contributed by atoms with Crippen molar-refractivity contribution < 1.29 is 0 Å². The Hall–Kier alpha value is -2.21. The summed E-state index contributed by atoms with van der Waals surface area (Å²) in [5, 5.41) is 11.5. The van der Waals surface area contributed by atoms with Gasteiger partial charge in [-0.25, -0.2) is 0 Å². The molecular weight excluding hydrogens is 288 g/mol. The van der Waals surface area contributed by atoms with Crippen LogP contribution in [0.5, 0.6) is 0 Å². The van der Waals surface area contributed by atoms with Crippen LogP contribution in [-0.4, -0.2) is 52.8 Å². The molecule has 0 unspecified atom stereocenters. The van der Waals surface area contributed by atoms with Gasteiger partial charge in [0.15, 0.2) is 5.82 Å². The zero-order valence-corrected chi connectivity index (χ0v) is 13.6. The highest BCUT2D eigenvalue weighted by Crippen LogP contribution is 2.14. The summed E-state index contributed by atoms with van der Waals surface area (Å²) in [5.74, 6) is 1.54. The number of aromatic nitrogens is 3. The van der Waals surface area contributed by atoms with Gasteiger partial charge in [-0.15, -0.1) is 5.10 Å². The zero-order valence-electron chi connectivity index (χ0n) is 13.6. The number of benzene rings is 1. The minimum Gasteiger partial charge on any atom is -0.369 e. The van der Waals surface area contributed by atoms with Crippen LogP contribution < -0.4 is 10.2 Å². The maximum atomic E-state index is 4.57. The summed E-state index contributed by atoms with van der Waals surface area (Å²) in [5.41, 5.74) is 1.37. The third kappa shape index (κ3) is 4.39. The average molecular weight is 312 g/mol. The summed E-state index contributed by atoms with van der Waals surface area (Å²) in [4.78, 5) is 9.25. The lowest BCUT2D eigenvalue weighted by Crippen LogP contribution is -2.46. The predicted octanol–water partition coefficient (Wildman–Crippen LogP) is 2.02. The van der Waals surface area contributed by atoms with Crippen molar-refractivity contribution in [3.8, 4) is 0 Å². The fraction of sp³-hybridized carbons (Fsp3) is 0.471. The largest absolute Gasteiger partial charge is 0.369 e. The van der Waals surface area contributed by atoms with Crippen LogP contribution in [0, 0.1) is 0 Å². The molecular formula is C17H24N6. The second kappa shape index (κ2) is 7.87. The molecule has 2 aromatic rings. The van der Waals surface area contributed by atoms with Crippen molar-refractivity contribution in [3.63, 3.8) is 0 Å². The summed E-state index contributed by atoms with van der Waals surface area (Å²) in [7, 11) is 0. The van der Waals surface area contributed by atoms with Gasteiger partial charge in [0.25, 0.3) is 0 Å². The molecule has 0 spiro atoms. The molecule has 0 atom stereocenters. The van der Waals surface area contributed by atoms with Crippen LogP contribution in [-0.2, 0) is 6.54 Å². The van der Waals surface area contributed by atoms with Gasteiger partial charge in [-0.2, -0.15) is 10.1 Å². The molecule has 0 aliphatic carbocycles. The number of rotatable bonds is 6. The van der Waals surface area contributed by atoms with Gasteiger partial charge in [-0.3, -0.25) is 4.90 Å². The molecule has 0 radical (unpaired) electrons. The van der Waals surface area contributed by atoms with Crippen molar-refractivity contribution >= 4 is 11.8 Å². The molecule has 6 nitrogen and oxygen atoms in total. The molecule has 1 fully saturated rings. The first kappa shape index (κ1) is 15.7. The second-order valence-electron chi connectivity index (χ2n) is 5.82. The highest BCUT2D eigenvalue weighted by Gasteiger charge is 2.19. The zero-order chi connectivity index (χ0) is 15.9. The number of piperazine rings is 1. The van der Waals surface area contributed by atoms with Crippen molar-refractivity contribution in [2.45, 2.75) is 19.9 Å². The molecule has 6 heteroatoms. The third-order valence-corrected chi connectivity index (χ3v) is 4.01. The van der Waals surface area contributed by atoms with E-state index in [0.29, 0.717) is 0 Å². The number of anilines is 2. The fourth-order valence-electron chi connectivity index (χ4n) is 2.71. The molecule has 3 rings (SSSR count). The minimum atomic E-state index is 0.727. The van der Waals surface area contributed by atoms with Gasteiger partial charge >= 0.3 is 0 Å². The molecule has 0 amide bonds. The monoisotopic (exact) mass is 312 g/mol. The summed E-state index contributed by atoms with van der Waals surface area (Å²) >= 11 is 0. The normalized spacial score (nSPS) is 15.6. The molecule has 1 saturated heterocycles. The first-order chi connectivity index (χ1) is 11.3. The van der Waals surface area contributed by atoms with Gasteiger partial charge in [0, 0.05) is 39.3 Å². The van der Waals surface area contributed by atoms with Crippen LogP contribution >= 0.6 is 0 Å². The van der Waals surface area contributed by atoms with E-state index in [1.54, 1.807) is 6.20 Å². The third-order valence-electron chi connectivity index (χ3n) is 4.01. The lowest BCUT2D eigenvalue weighted by molar-refractivity contribution is 0.248. The van der Waals surface area contributed by atoms with Crippen molar-refractivity contribution in [1.29, 1.82) is 0 Å². The quantitative estimate of drug-likeness (QED) is 0.880. The van der Waals surface area contributed by atoms with Crippen molar-refractivity contribution in [3.05, 3.63) is 42.1 Å². The highest BCUT2D eigenvalue weighted by molar-refractivity contribution is 5.39. The van der Waals surface area contributed by atoms with Crippen LogP contribution in [0.15, 0.2) is 36.5 Å². The van der Waals surface area contributed by atoms with E-state index in [2.05, 4.69) is 67.6 Å². The first-order valence-corrected chi connectivity index (χ1v) is 8.30. The molecule has 23 heavy (non-hydrogen) atoms. The Balaban J connectivity index is 1.54. The molecule has 1 aromatic heterocycles. The number of hydrogen-bond acceptors (Lipinski definition) is 6. The van der Waals surface area contributed by atoms with Crippen molar-refractivity contribution in [2.75, 3.05) is 42.9 Å². The maximum absolute atomic E-state index is 4.57. The van der Waals surface area contributed by atoms with Gasteiger partial charge in [0.1, 0.15) is 0 Å². The van der Waals surface area contributed by atoms with Gasteiger partial charge in [0.2, 0.25) is 5.95 Å². The smallest absolute Gasteiger partial charge is 0.247 e. The summed E-state index contributed by atoms with van der Waals surface area (Å²) in [6, 6.07) is 10.6. The molecule has 1 aromatic carbocycles. The lowest BCUT2D eigenvalue weighted by Gasteiger charge is -2.34. The Morgan fingerprint density at radius 1 is 1.09 bits per heavy atom. The maximum Gasteiger partial charge on any atom is 0.247 e. The van der Waals surface area contributed by atoms with E-state index < -0.39 is 0 Å². The Kier molecular flexibility index (Phi) is 5.37.